The van der Waals surface area contributed by atoms with Gasteiger partial charge in [0.05, 0.1) is 17.1 Å². The van der Waals surface area contributed by atoms with Gasteiger partial charge in [-0.25, -0.2) is 9.97 Å². The SMILES string of the molecule is O=[N+]([O-])c1cc(Cl)nc(NCCCc2ncn[nH]2)c1. The Hall–Kier alpha value is -2.22. The normalized spacial score (nSPS) is 10.4. The summed E-state index contributed by atoms with van der Waals surface area (Å²) >= 11 is 5.71. The Morgan fingerprint density at radius 2 is 2.32 bits per heavy atom. The fourth-order valence-corrected chi connectivity index (χ4v) is 1.71. The largest absolute Gasteiger partial charge is 0.370 e. The van der Waals surface area contributed by atoms with Crippen LogP contribution < -0.4 is 5.32 Å². The molecule has 0 amide bonds. The molecule has 0 radical (unpaired) electrons. The van der Waals surface area contributed by atoms with E-state index in [1.807, 2.05) is 0 Å². The van der Waals surface area contributed by atoms with E-state index < -0.39 is 4.92 Å². The van der Waals surface area contributed by atoms with Gasteiger partial charge in [0.25, 0.3) is 5.69 Å². The fraction of sp³-hybridized carbons (Fsp3) is 0.300. The number of nitrogens with one attached hydrogen (secondary N) is 2. The van der Waals surface area contributed by atoms with E-state index in [9.17, 15) is 10.1 Å². The first-order valence-corrected chi connectivity index (χ1v) is 5.93. The fourth-order valence-electron chi connectivity index (χ4n) is 1.50. The van der Waals surface area contributed by atoms with Crippen LogP contribution in [0.5, 0.6) is 0 Å². The summed E-state index contributed by atoms with van der Waals surface area (Å²) in [5, 5.41) is 20.2. The van der Waals surface area contributed by atoms with Crippen molar-refractivity contribution in [1.29, 1.82) is 0 Å². The number of aromatic amines is 1. The Balaban J connectivity index is 1.87. The minimum absolute atomic E-state index is 0.0854. The Labute approximate surface area is 113 Å². The summed E-state index contributed by atoms with van der Waals surface area (Å²) in [6.45, 7) is 0.602. The zero-order valence-electron chi connectivity index (χ0n) is 9.84. The second kappa shape index (κ2) is 6.10. The molecule has 8 nitrogen and oxygen atoms in total. The quantitative estimate of drug-likeness (QED) is 0.362. The lowest BCUT2D eigenvalue weighted by Gasteiger charge is -2.05. The molecular formula is C10H11ClN6O2. The van der Waals surface area contributed by atoms with Crippen LogP contribution in [0.15, 0.2) is 18.5 Å². The van der Waals surface area contributed by atoms with Crippen molar-refractivity contribution >= 4 is 23.1 Å². The first-order valence-electron chi connectivity index (χ1n) is 5.55. The van der Waals surface area contributed by atoms with E-state index in [-0.39, 0.29) is 10.8 Å². The molecule has 0 saturated heterocycles. The molecule has 2 N–H and O–H groups in total. The standard InChI is InChI=1S/C10H11ClN6O2/c11-8-4-7(17(18)19)5-10(15-8)12-3-1-2-9-13-6-14-16-9/h4-6H,1-3H2,(H,12,15)(H,13,14,16). The van der Waals surface area contributed by atoms with Gasteiger partial charge in [0.2, 0.25) is 0 Å². The highest BCUT2D eigenvalue weighted by Gasteiger charge is 2.09. The van der Waals surface area contributed by atoms with Crippen LogP contribution in [0.2, 0.25) is 5.15 Å². The van der Waals surface area contributed by atoms with Crippen LogP contribution in [0.4, 0.5) is 11.5 Å². The molecule has 2 aromatic heterocycles. The molecule has 0 bridgehead atoms. The molecular weight excluding hydrogens is 272 g/mol. The Kier molecular flexibility index (Phi) is 4.24. The van der Waals surface area contributed by atoms with E-state index in [2.05, 4.69) is 25.5 Å². The van der Waals surface area contributed by atoms with Gasteiger partial charge >= 0.3 is 0 Å². The van der Waals surface area contributed by atoms with Crippen molar-refractivity contribution < 1.29 is 4.92 Å². The molecule has 0 aliphatic carbocycles. The molecule has 0 aliphatic rings. The summed E-state index contributed by atoms with van der Waals surface area (Å²) in [6, 6.07) is 2.56. The molecule has 0 aromatic carbocycles. The third-order valence-electron chi connectivity index (χ3n) is 2.35. The van der Waals surface area contributed by atoms with E-state index in [1.165, 1.54) is 18.5 Å². The maximum Gasteiger partial charge on any atom is 0.276 e. The summed E-state index contributed by atoms with van der Waals surface area (Å²) in [7, 11) is 0. The number of aromatic nitrogens is 4. The van der Waals surface area contributed by atoms with Gasteiger partial charge in [-0.05, 0) is 6.42 Å². The van der Waals surface area contributed by atoms with E-state index >= 15 is 0 Å². The average molecular weight is 283 g/mol. The van der Waals surface area contributed by atoms with Gasteiger partial charge in [0.15, 0.2) is 0 Å². The molecule has 0 saturated carbocycles. The number of nitrogens with zero attached hydrogens (tertiary/aromatic N) is 4. The molecule has 0 aliphatic heterocycles. The molecule has 19 heavy (non-hydrogen) atoms. The number of H-pyrrole nitrogens is 1. The topological polar surface area (TPSA) is 110 Å². The van der Waals surface area contributed by atoms with Gasteiger partial charge < -0.3 is 5.32 Å². The zero-order valence-corrected chi connectivity index (χ0v) is 10.6. The highest BCUT2D eigenvalue weighted by molar-refractivity contribution is 6.29. The number of anilines is 1. The average Bonchev–Trinajstić information content (AvgIpc) is 2.87. The molecule has 0 fully saturated rings. The monoisotopic (exact) mass is 282 g/mol. The summed E-state index contributed by atoms with van der Waals surface area (Å²) in [4.78, 5) is 18.1. The van der Waals surface area contributed by atoms with Crippen molar-refractivity contribution in [3.8, 4) is 0 Å². The Bertz CT molecular complexity index is 559. The van der Waals surface area contributed by atoms with Crippen LogP contribution in [0.3, 0.4) is 0 Å². The van der Waals surface area contributed by atoms with Crippen LogP contribution >= 0.6 is 11.6 Å². The van der Waals surface area contributed by atoms with Crippen molar-refractivity contribution in [3.05, 3.63) is 39.6 Å². The number of halogens is 1. The summed E-state index contributed by atoms with van der Waals surface area (Å²) < 4.78 is 0. The van der Waals surface area contributed by atoms with Crippen LogP contribution in [-0.2, 0) is 6.42 Å². The van der Waals surface area contributed by atoms with Crippen LogP contribution in [0.1, 0.15) is 12.2 Å². The van der Waals surface area contributed by atoms with Gasteiger partial charge in [-0.15, -0.1) is 0 Å². The van der Waals surface area contributed by atoms with E-state index in [0.29, 0.717) is 12.4 Å². The first kappa shape index (κ1) is 13.2. The first-order chi connectivity index (χ1) is 9.15. The predicted octanol–water partition coefficient (Wildman–Crippen LogP) is 1.81. The summed E-state index contributed by atoms with van der Waals surface area (Å²) in [5.41, 5.74) is -0.0854. The van der Waals surface area contributed by atoms with Gasteiger partial charge in [-0.3, -0.25) is 15.2 Å². The zero-order chi connectivity index (χ0) is 13.7. The van der Waals surface area contributed by atoms with Crippen LogP contribution in [0, 0.1) is 10.1 Å². The molecule has 0 unspecified atom stereocenters. The van der Waals surface area contributed by atoms with Crippen molar-refractivity contribution in [2.24, 2.45) is 0 Å². The number of aryl methyl sites for hydroxylation is 1. The van der Waals surface area contributed by atoms with Crippen LogP contribution in [0.25, 0.3) is 0 Å². The van der Waals surface area contributed by atoms with Crippen LogP contribution in [-0.4, -0.2) is 31.6 Å². The lowest BCUT2D eigenvalue weighted by atomic mass is 10.3. The van der Waals surface area contributed by atoms with Gasteiger partial charge in [0, 0.05) is 13.0 Å². The number of nitro groups is 1. The highest BCUT2D eigenvalue weighted by atomic mass is 35.5. The second-order valence-electron chi connectivity index (χ2n) is 3.75. The van der Waals surface area contributed by atoms with Crippen molar-refractivity contribution in [2.45, 2.75) is 12.8 Å². The second-order valence-corrected chi connectivity index (χ2v) is 4.14. The Morgan fingerprint density at radius 3 is 3.00 bits per heavy atom. The summed E-state index contributed by atoms with van der Waals surface area (Å²) in [5.74, 6) is 1.18. The molecule has 0 atom stereocenters. The lowest BCUT2D eigenvalue weighted by molar-refractivity contribution is -0.384. The van der Waals surface area contributed by atoms with Crippen molar-refractivity contribution in [1.82, 2.24) is 20.2 Å². The van der Waals surface area contributed by atoms with E-state index in [4.69, 9.17) is 11.6 Å². The Morgan fingerprint density at radius 1 is 1.47 bits per heavy atom. The van der Waals surface area contributed by atoms with Gasteiger partial charge in [-0.2, -0.15) is 5.10 Å². The van der Waals surface area contributed by atoms with Gasteiger partial charge in [-0.1, -0.05) is 11.6 Å². The predicted molar refractivity (Wildman–Crippen MR) is 69.1 cm³/mol. The maximum absolute atomic E-state index is 10.7. The van der Waals surface area contributed by atoms with Gasteiger partial charge in [0.1, 0.15) is 23.1 Å². The number of pyridine rings is 1. The minimum atomic E-state index is -0.507. The smallest absolute Gasteiger partial charge is 0.276 e. The lowest BCUT2D eigenvalue weighted by Crippen LogP contribution is -2.05. The minimum Gasteiger partial charge on any atom is -0.370 e. The summed E-state index contributed by atoms with van der Waals surface area (Å²) in [6.07, 6.45) is 2.97. The maximum atomic E-state index is 10.7. The van der Waals surface area contributed by atoms with E-state index in [0.717, 1.165) is 18.7 Å². The molecule has 100 valence electrons. The number of hydrogen-bond donors (Lipinski definition) is 2. The molecule has 2 heterocycles. The highest BCUT2D eigenvalue weighted by Crippen LogP contribution is 2.20. The third-order valence-corrected chi connectivity index (χ3v) is 2.54. The molecule has 9 heteroatoms. The molecule has 0 spiro atoms. The number of hydrogen-bond acceptors (Lipinski definition) is 6. The molecule has 2 aromatic rings. The van der Waals surface area contributed by atoms with Crippen molar-refractivity contribution in [2.75, 3.05) is 11.9 Å². The molecule has 2 rings (SSSR count). The third kappa shape index (κ3) is 3.88. The van der Waals surface area contributed by atoms with Crippen molar-refractivity contribution in [3.63, 3.8) is 0 Å². The van der Waals surface area contributed by atoms with E-state index in [1.54, 1.807) is 0 Å². The number of rotatable bonds is 6.